The van der Waals surface area contributed by atoms with E-state index in [2.05, 4.69) is 5.10 Å². The molecule has 12 heavy (non-hydrogen) atoms. The number of nitrogens with zero attached hydrogens (tertiary/aromatic N) is 2. The molecule has 1 aromatic heterocycles. The summed E-state index contributed by atoms with van der Waals surface area (Å²) in [5, 5.41) is 3.90. The molecule has 1 unspecified atom stereocenters. The maximum atomic E-state index is 11.4. The van der Waals surface area contributed by atoms with E-state index in [1.54, 1.807) is 24.0 Å². The van der Waals surface area contributed by atoms with Crippen molar-refractivity contribution in [3.63, 3.8) is 0 Å². The van der Waals surface area contributed by atoms with Gasteiger partial charge in [-0.05, 0) is 13.0 Å². The topological polar surface area (TPSA) is 60.9 Å². The Kier molecular flexibility index (Phi) is 2.60. The maximum absolute atomic E-state index is 11.4. The van der Waals surface area contributed by atoms with Crippen molar-refractivity contribution in [1.82, 2.24) is 9.78 Å². The molecule has 4 nitrogen and oxygen atoms in total. The van der Waals surface area contributed by atoms with Crippen LogP contribution in [0.3, 0.4) is 0 Å². The standard InChI is InChI=1S/C8H13N3O/c1-6(9)5-8(12)7-3-4-10-11(7)2/h3-4,6H,5,9H2,1-2H3. The third kappa shape index (κ3) is 1.92. The number of aromatic nitrogens is 2. The van der Waals surface area contributed by atoms with Crippen LogP contribution in [0.2, 0.25) is 0 Å². The van der Waals surface area contributed by atoms with Crippen LogP contribution in [0.5, 0.6) is 0 Å². The Morgan fingerprint density at radius 3 is 2.92 bits per heavy atom. The lowest BCUT2D eigenvalue weighted by molar-refractivity contribution is 0.0967. The summed E-state index contributed by atoms with van der Waals surface area (Å²) in [6.07, 6.45) is 1.98. The minimum absolute atomic E-state index is 0.0463. The second kappa shape index (κ2) is 3.49. The van der Waals surface area contributed by atoms with E-state index in [0.717, 1.165) is 0 Å². The number of aryl methyl sites for hydroxylation is 1. The zero-order chi connectivity index (χ0) is 9.14. The summed E-state index contributed by atoms with van der Waals surface area (Å²) in [7, 11) is 1.74. The van der Waals surface area contributed by atoms with Gasteiger partial charge in [0.05, 0.1) is 0 Å². The van der Waals surface area contributed by atoms with E-state index in [9.17, 15) is 4.79 Å². The van der Waals surface area contributed by atoms with Crippen LogP contribution in [0.4, 0.5) is 0 Å². The molecule has 0 aliphatic carbocycles. The zero-order valence-corrected chi connectivity index (χ0v) is 7.32. The summed E-state index contributed by atoms with van der Waals surface area (Å²) >= 11 is 0. The minimum atomic E-state index is -0.0904. The zero-order valence-electron chi connectivity index (χ0n) is 7.32. The van der Waals surface area contributed by atoms with E-state index in [1.165, 1.54) is 0 Å². The number of carbonyl (C=O) groups is 1. The van der Waals surface area contributed by atoms with Gasteiger partial charge in [-0.3, -0.25) is 9.48 Å². The first-order valence-electron chi connectivity index (χ1n) is 3.88. The fraction of sp³-hybridized carbons (Fsp3) is 0.500. The lowest BCUT2D eigenvalue weighted by Crippen LogP contribution is -2.21. The lowest BCUT2D eigenvalue weighted by atomic mass is 10.1. The molecule has 66 valence electrons. The van der Waals surface area contributed by atoms with Crippen LogP contribution in [-0.4, -0.2) is 21.6 Å². The second-order valence-corrected chi connectivity index (χ2v) is 2.94. The molecule has 1 aromatic rings. The van der Waals surface area contributed by atoms with Crippen LogP contribution < -0.4 is 5.73 Å². The van der Waals surface area contributed by atoms with Crippen LogP contribution in [0.1, 0.15) is 23.8 Å². The molecule has 0 bridgehead atoms. The average Bonchev–Trinajstić information content (AvgIpc) is 2.33. The van der Waals surface area contributed by atoms with Gasteiger partial charge in [-0.2, -0.15) is 5.10 Å². The highest BCUT2D eigenvalue weighted by atomic mass is 16.1. The van der Waals surface area contributed by atoms with Crippen molar-refractivity contribution >= 4 is 5.78 Å². The minimum Gasteiger partial charge on any atom is -0.328 e. The number of ketones is 1. The van der Waals surface area contributed by atoms with Gasteiger partial charge < -0.3 is 5.73 Å². The van der Waals surface area contributed by atoms with Crippen molar-refractivity contribution in [1.29, 1.82) is 0 Å². The van der Waals surface area contributed by atoms with E-state index in [0.29, 0.717) is 12.1 Å². The summed E-state index contributed by atoms with van der Waals surface area (Å²) in [4.78, 5) is 11.4. The van der Waals surface area contributed by atoms with Crippen LogP contribution in [0.25, 0.3) is 0 Å². The first kappa shape index (κ1) is 8.93. The summed E-state index contributed by atoms with van der Waals surface area (Å²) in [6.45, 7) is 1.81. The Labute approximate surface area is 71.4 Å². The molecule has 4 heteroatoms. The van der Waals surface area contributed by atoms with Crippen molar-refractivity contribution < 1.29 is 4.79 Å². The highest BCUT2D eigenvalue weighted by Gasteiger charge is 2.11. The molecule has 1 atom stereocenters. The van der Waals surface area contributed by atoms with Crippen molar-refractivity contribution in [2.45, 2.75) is 19.4 Å². The Hall–Kier alpha value is -1.16. The van der Waals surface area contributed by atoms with Crippen LogP contribution in [0, 0.1) is 0 Å². The van der Waals surface area contributed by atoms with E-state index in [1.807, 2.05) is 6.92 Å². The number of hydrogen-bond donors (Lipinski definition) is 1. The van der Waals surface area contributed by atoms with Gasteiger partial charge >= 0.3 is 0 Å². The largest absolute Gasteiger partial charge is 0.328 e. The van der Waals surface area contributed by atoms with E-state index in [4.69, 9.17) is 5.73 Å². The van der Waals surface area contributed by atoms with Crippen molar-refractivity contribution in [3.8, 4) is 0 Å². The van der Waals surface area contributed by atoms with Crippen LogP contribution >= 0.6 is 0 Å². The van der Waals surface area contributed by atoms with Gasteiger partial charge in [0.25, 0.3) is 0 Å². The molecule has 0 aromatic carbocycles. The SMILES string of the molecule is CC(N)CC(=O)c1ccnn1C. The number of nitrogens with two attached hydrogens (primary N) is 1. The number of carbonyl (C=O) groups excluding carboxylic acids is 1. The van der Waals surface area contributed by atoms with Crippen LogP contribution in [0.15, 0.2) is 12.3 Å². The highest BCUT2D eigenvalue weighted by molar-refractivity contribution is 5.94. The van der Waals surface area contributed by atoms with Crippen LogP contribution in [-0.2, 0) is 7.05 Å². The summed E-state index contributed by atoms with van der Waals surface area (Å²) in [5.41, 5.74) is 6.12. The quantitative estimate of drug-likeness (QED) is 0.660. The summed E-state index contributed by atoms with van der Waals surface area (Å²) < 4.78 is 1.56. The van der Waals surface area contributed by atoms with Gasteiger partial charge in [-0.25, -0.2) is 0 Å². The molecule has 0 spiro atoms. The molecular weight excluding hydrogens is 154 g/mol. The van der Waals surface area contributed by atoms with E-state index >= 15 is 0 Å². The average molecular weight is 167 g/mol. The fourth-order valence-corrected chi connectivity index (χ4v) is 1.04. The van der Waals surface area contributed by atoms with Crippen molar-refractivity contribution in [3.05, 3.63) is 18.0 Å². The van der Waals surface area contributed by atoms with Gasteiger partial charge in [0.2, 0.25) is 0 Å². The maximum Gasteiger partial charge on any atom is 0.182 e. The Morgan fingerprint density at radius 1 is 1.83 bits per heavy atom. The third-order valence-electron chi connectivity index (χ3n) is 1.61. The molecule has 0 aliphatic heterocycles. The monoisotopic (exact) mass is 167 g/mol. The van der Waals surface area contributed by atoms with Gasteiger partial charge in [-0.1, -0.05) is 0 Å². The Balaban J connectivity index is 2.72. The van der Waals surface area contributed by atoms with Gasteiger partial charge in [-0.15, -0.1) is 0 Å². The first-order chi connectivity index (χ1) is 5.61. The number of hydrogen-bond acceptors (Lipinski definition) is 3. The lowest BCUT2D eigenvalue weighted by Gasteiger charge is -2.03. The molecule has 1 rings (SSSR count). The van der Waals surface area contributed by atoms with Gasteiger partial charge in [0.1, 0.15) is 5.69 Å². The van der Waals surface area contributed by atoms with Crippen molar-refractivity contribution in [2.75, 3.05) is 0 Å². The molecule has 0 amide bonds. The fourth-order valence-electron chi connectivity index (χ4n) is 1.04. The molecule has 0 saturated carbocycles. The number of Topliss-reactive ketones (excluding diaryl/α,β-unsaturated/α-hetero) is 1. The molecule has 0 saturated heterocycles. The van der Waals surface area contributed by atoms with E-state index in [-0.39, 0.29) is 11.8 Å². The molecular formula is C8H13N3O. The third-order valence-corrected chi connectivity index (χ3v) is 1.61. The van der Waals surface area contributed by atoms with Gasteiger partial charge in [0, 0.05) is 25.7 Å². The predicted molar refractivity (Wildman–Crippen MR) is 45.8 cm³/mol. The Bertz CT molecular complexity index is 278. The molecule has 0 fully saturated rings. The van der Waals surface area contributed by atoms with Gasteiger partial charge in [0.15, 0.2) is 5.78 Å². The second-order valence-electron chi connectivity index (χ2n) is 2.94. The smallest absolute Gasteiger partial charge is 0.182 e. The number of rotatable bonds is 3. The first-order valence-corrected chi connectivity index (χ1v) is 3.88. The molecule has 1 heterocycles. The van der Waals surface area contributed by atoms with Crippen molar-refractivity contribution in [2.24, 2.45) is 12.8 Å². The highest BCUT2D eigenvalue weighted by Crippen LogP contribution is 2.02. The Morgan fingerprint density at radius 2 is 2.50 bits per heavy atom. The summed E-state index contributed by atoms with van der Waals surface area (Å²) in [6, 6.07) is 1.61. The normalized spacial score (nSPS) is 12.9. The molecule has 2 N–H and O–H groups in total. The summed E-state index contributed by atoms with van der Waals surface area (Å²) in [5.74, 6) is 0.0463. The van der Waals surface area contributed by atoms with E-state index < -0.39 is 0 Å². The molecule has 0 radical (unpaired) electrons. The predicted octanol–water partition coefficient (Wildman–Crippen LogP) is 0.340. The molecule has 0 aliphatic rings.